The van der Waals surface area contributed by atoms with Crippen molar-refractivity contribution in [2.75, 3.05) is 6.54 Å². The zero-order valence-corrected chi connectivity index (χ0v) is 13.7. The van der Waals surface area contributed by atoms with Crippen LogP contribution in [0.3, 0.4) is 0 Å². The molecule has 6 heteroatoms. The molecule has 0 aliphatic carbocycles. The first kappa shape index (κ1) is 19.4. The van der Waals surface area contributed by atoms with E-state index in [-0.39, 0.29) is 36.3 Å². The predicted octanol–water partition coefficient (Wildman–Crippen LogP) is 1.31. The molecule has 0 radical (unpaired) electrons. The summed E-state index contributed by atoms with van der Waals surface area (Å²) in [6.45, 7) is 7.17. The maximum atomic E-state index is 12.1. The average molecular weight is 314 g/mol. The normalized spacial score (nSPS) is 13.6. The Bertz CT molecular complexity index is 481. The standard InChI is InChI=1S/C15H23N3O2.ClH/c1-14(2,3)18-12(19)10-17-13(20)15(4,16)11-8-6-5-7-9-11;/h5-9H,10,16H2,1-4H3,(H,17,20)(H,18,19);1H. The van der Waals surface area contributed by atoms with E-state index in [1.807, 2.05) is 39.0 Å². The van der Waals surface area contributed by atoms with Crippen molar-refractivity contribution in [2.45, 2.75) is 38.8 Å². The van der Waals surface area contributed by atoms with Gasteiger partial charge in [0.05, 0.1) is 6.54 Å². The zero-order valence-electron chi connectivity index (χ0n) is 12.9. The summed E-state index contributed by atoms with van der Waals surface area (Å²) in [6, 6.07) is 9.07. The van der Waals surface area contributed by atoms with Crippen LogP contribution in [0.5, 0.6) is 0 Å². The molecule has 118 valence electrons. The van der Waals surface area contributed by atoms with E-state index < -0.39 is 5.54 Å². The number of rotatable bonds is 4. The van der Waals surface area contributed by atoms with Crippen LogP contribution in [0.25, 0.3) is 0 Å². The third-order valence-electron chi connectivity index (χ3n) is 2.77. The number of hydrogen-bond acceptors (Lipinski definition) is 3. The van der Waals surface area contributed by atoms with Crippen molar-refractivity contribution in [3.63, 3.8) is 0 Å². The molecule has 1 unspecified atom stereocenters. The first-order valence-corrected chi connectivity index (χ1v) is 6.56. The van der Waals surface area contributed by atoms with Crippen LogP contribution in [0.1, 0.15) is 33.3 Å². The highest BCUT2D eigenvalue weighted by Gasteiger charge is 2.30. The van der Waals surface area contributed by atoms with E-state index in [2.05, 4.69) is 10.6 Å². The number of nitrogens with two attached hydrogens (primary N) is 1. The first-order chi connectivity index (χ1) is 9.13. The summed E-state index contributed by atoms with van der Waals surface area (Å²) >= 11 is 0. The van der Waals surface area contributed by atoms with Gasteiger partial charge < -0.3 is 16.4 Å². The molecule has 1 aromatic carbocycles. The molecule has 0 aliphatic rings. The van der Waals surface area contributed by atoms with Gasteiger partial charge in [-0.2, -0.15) is 0 Å². The van der Waals surface area contributed by atoms with Crippen molar-refractivity contribution in [3.8, 4) is 0 Å². The number of hydrogen-bond donors (Lipinski definition) is 3. The smallest absolute Gasteiger partial charge is 0.244 e. The van der Waals surface area contributed by atoms with Crippen molar-refractivity contribution in [2.24, 2.45) is 5.73 Å². The maximum Gasteiger partial charge on any atom is 0.244 e. The fraction of sp³-hybridized carbons (Fsp3) is 0.467. The number of amides is 2. The molecule has 1 atom stereocenters. The van der Waals surface area contributed by atoms with Gasteiger partial charge in [0.1, 0.15) is 5.54 Å². The molecule has 0 saturated carbocycles. The van der Waals surface area contributed by atoms with Gasteiger partial charge >= 0.3 is 0 Å². The Labute approximate surface area is 132 Å². The van der Waals surface area contributed by atoms with Crippen LogP contribution >= 0.6 is 12.4 Å². The number of benzene rings is 1. The number of halogens is 1. The van der Waals surface area contributed by atoms with Gasteiger partial charge in [0.2, 0.25) is 11.8 Å². The topological polar surface area (TPSA) is 84.2 Å². The summed E-state index contributed by atoms with van der Waals surface area (Å²) in [4.78, 5) is 23.8. The second-order valence-corrected chi connectivity index (χ2v) is 6.05. The second kappa shape index (κ2) is 7.43. The highest BCUT2D eigenvalue weighted by Crippen LogP contribution is 2.17. The third kappa shape index (κ3) is 6.14. The van der Waals surface area contributed by atoms with E-state index in [0.29, 0.717) is 5.56 Å². The Hall–Kier alpha value is -1.59. The molecule has 2 amide bonds. The summed E-state index contributed by atoms with van der Waals surface area (Å²) in [6.07, 6.45) is 0. The quantitative estimate of drug-likeness (QED) is 0.783. The Morgan fingerprint density at radius 1 is 1.10 bits per heavy atom. The number of carbonyl (C=O) groups excluding carboxylic acids is 2. The number of nitrogens with one attached hydrogen (secondary N) is 2. The zero-order chi connectivity index (χ0) is 15.4. The van der Waals surface area contributed by atoms with Crippen molar-refractivity contribution in [1.29, 1.82) is 0 Å². The number of carbonyl (C=O) groups is 2. The Morgan fingerprint density at radius 3 is 2.10 bits per heavy atom. The van der Waals surface area contributed by atoms with E-state index in [9.17, 15) is 9.59 Å². The average Bonchev–Trinajstić information content (AvgIpc) is 2.35. The van der Waals surface area contributed by atoms with Gasteiger partial charge in [-0.3, -0.25) is 9.59 Å². The molecule has 0 spiro atoms. The summed E-state index contributed by atoms with van der Waals surface area (Å²) in [5.74, 6) is -0.623. The molecular weight excluding hydrogens is 290 g/mol. The summed E-state index contributed by atoms with van der Waals surface area (Å²) in [7, 11) is 0. The fourth-order valence-electron chi connectivity index (χ4n) is 1.72. The van der Waals surface area contributed by atoms with Crippen LogP contribution in [0, 0.1) is 0 Å². The minimum absolute atomic E-state index is 0. The summed E-state index contributed by atoms with van der Waals surface area (Å²) in [5.41, 5.74) is 5.26. The van der Waals surface area contributed by atoms with Gasteiger partial charge in [0.25, 0.3) is 0 Å². The van der Waals surface area contributed by atoms with E-state index >= 15 is 0 Å². The molecule has 1 aromatic rings. The van der Waals surface area contributed by atoms with Gasteiger partial charge in [-0.1, -0.05) is 30.3 Å². The molecule has 4 N–H and O–H groups in total. The van der Waals surface area contributed by atoms with Crippen LogP contribution in [0.15, 0.2) is 30.3 Å². The largest absolute Gasteiger partial charge is 0.350 e. The Kier molecular flexibility index (Phi) is 6.86. The van der Waals surface area contributed by atoms with Crippen LogP contribution < -0.4 is 16.4 Å². The fourth-order valence-corrected chi connectivity index (χ4v) is 1.72. The van der Waals surface area contributed by atoms with Crippen LogP contribution in [-0.2, 0) is 15.1 Å². The summed E-state index contributed by atoms with van der Waals surface area (Å²) < 4.78 is 0. The molecule has 0 aromatic heterocycles. The highest BCUT2D eigenvalue weighted by molar-refractivity contribution is 5.90. The molecule has 5 nitrogen and oxygen atoms in total. The highest BCUT2D eigenvalue weighted by atomic mass is 35.5. The maximum absolute atomic E-state index is 12.1. The van der Waals surface area contributed by atoms with Crippen molar-refractivity contribution in [3.05, 3.63) is 35.9 Å². The lowest BCUT2D eigenvalue weighted by molar-refractivity contribution is -0.129. The minimum Gasteiger partial charge on any atom is -0.350 e. The van der Waals surface area contributed by atoms with Crippen LogP contribution in [0.4, 0.5) is 0 Å². The van der Waals surface area contributed by atoms with Crippen molar-refractivity contribution < 1.29 is 9.59 Å². The lowest BCUT2D eigenvalue weighted by atomic mass is 9.92. The van der Waals surface area contributed by atoms with Crippen molar-refractivity contribution in [1.82, 2.24) is 10.6 Å². The van der Waals surface area contributed by atoms with E-state index in [1.54, 1.807) is 19.1 Å². The van der Waals surface area contributed by atoms with Crippen LogP contribution in [0.2, 0.25) is 0 Å². The summed E-state index contributed by atoms with van der Waals surface area (Å²) in [5, 5.41) is 5.34. The SMILES string of the molecule is CC(C)(C)NC(=O)CNC(=O)C(C)(N)c1ccccc1.Cl. The minimum atomic E-state index is -1.16. The van der Waals surface area contributed by atoms with Gasteiger partial charge in [0, 0.05) is 5.54 Å². The monoisotopic (exact) mass is 313 g/mol. The van der Waals surface area contributed by atoms with Crippen LogP contribution in [-0.4, -0.2) is 23.9 Å². The molecule has 0 heterocycles. The Morgan fingerprint density at radius 2 is 1.62 bits per heavy atom. The molecule has 0 aliphatic heterocycles. The van der Waals surface area contributed by atoms with Crippen molar-refractivity contribution >= 4 is 24.2 Å². The van der Waals surface area contributed by atoms with E-state index in [4.69, 9.17) is 5.73 Å². The van der Waals surface area contributed by atoms with Gasteiger partial charge in [0.15, 0.2) is 0 Å². The van der Waals surface area contributed by atoms with E-state index in [1.165, 1.54) is 0 Å². The lowest BCUT2D eigenvalue weighted by Crippen LogP contribution is -2.52. The van der Waals surface area contributed by atoms with E-state index in [0.717, 1.165) is 0 Å². The molecular formula is C15H24ClN3O2. The lowest BCUT2D eigenvalue weighted by Gasteiger charge is -2.25. The third-order valence-corrected chi connectivity index (χ3v) is 2.77. The molecule has 0 fully saturated rings. The molecule has 21 heavy (non-hydrogen) atoms. The second-order valence-electron chi connectivity index (χ2n) is 6.05. The predicted molar refractivity (Wildman–Crippen MR) is 86.1 cm³/mol. The molecule has 1 rings (SSSR count). The first-order valence-electron chi connectivity index (χ1n) is 6.56. The Balaban J connectivity index is 0.00000400. The van der Waals surface area contributed by atoms with Gasteiger partial charge in [-0.05, 0) is 33.3 Å². The van der Waals surface area contributed by atoms with Gasteiger partial charge in [-0.15, -0.1) is 12.4 Å². The van der Waals surface area contributed by atoms with Gasteiger partial charge in [-0.25, -0.2) is 0 Å². The molecule has 0 bridgehead atoms. The molecule has 0 saturated heterocycles.